The molecule has 0 aromatic rings. The van der Waals surface area contributed by atoms with Crippen LogP contribution in [0, 0.1) is 5.92 Å². The highest BCUT2D eigenvalue weighted by molar-refractivity contribution is 6.08. The second-order valence-electron chi connectivity index (χ2n) is 9.33. The summed E-state index contributed by atoms with van der Waals surface area (Å²) in [6, 6.07) is 0. The van der Waals surface area contributed by atoms with Crippen LogP contribution in [0.4, 0.5) is 0 Å². The molecule has 206 valence electrons. The fourth-order valence-electron chi connectivity index (χ4n) is 3.73. The first-order chi connectivity index (χ1) is 16.9. The van der Waals surface area contributed by atoms with E-state index in [1.54, 1.807) is 0 Å². The Hall–Kier alpha value is -1.67. The summed E-state index contributed by atoms with van der Waals surface area (Å²) in [5.74, 6) is -3.61. The van der Waals surface area contributed by atoms with Crippen molar-refractivity contribution in [2.75, 3.05) is 26.4 Å². The van der Waals surface area contributed by atoms with Gasteiger partial charge < -0.3 is 25.7 Å². The summed E-state index contributed by atoms with van der Waals surface area (Å²) in [6.07, 6.45) is 12.9. The number of rotatable bonds is 23. The van der Waals surface area contributed by atoms with E-state index in [4.69, 9.17) is 25.7 Å². The van der Waals surface area contributed by atoms with Crippen LogP contribution in [0.25, 0.3) is 0 Å². The molecule has 0 aliphatic carbocycles. The van der Waals surface area contributed by atoms with Crippen molar-refractivity contribution in [3.8, 4) is 0 Å². The van der Waals surface area contributed by atoms with Crippen LogP contribution in [0.1, 0.15) is 117 Å². The summed E-state index contributed by atoms with van der Waals surface area (Å²) < 4.78 is 16.1. The summed E-state index contributed by atoms with van der Waals surface area (Å²) >= 11 is 0. The van der Waals surface area contributed by atoms with Gasteiger partial charge in [0.15, 0.2) is 0 Å². The molecular weight excluding hydrogens is 448 g/mol. The molecule has 0 fully saturated rings. The third kappa shape index (κ3) is 13.9. The first-order valence-electron chi connectivity index (χ1n) is 13.9. The summed E-state index contributed by atoms with van der Waals surface area (Å²) in [7, 11) is 0. The molecular formula is C27H52N2O6. The van der Waals surface area contributed by atoms with Crippen LogP contribution in [0.3, 0.4) is 0 Å². The number of ether oxygens (including phenoxy) is 3. The maximum absolute atomic E-state index is 13.1. The smallest absolute Gasteiger partial charge is 0.338 e. The molecule has 8 nitrogen and oxygen atoms in total. The molecule has 0 aliphatic rings. The maximum atomic E-state index is 13.1. The SMILES string of the molecule is CCCCOC(=O)C(CCCCCCCCCCN)C(N)(C(=O)OCCCC)C(=O)OCCCC. The summed E-state index contributed by atoms with van der Waals surface area (Å²) in [5.41, 5.74) is 9.76. The van der Waals surface area contributed by atoms with Gasteiger partial charge in [-0.3, -0.25) is 4.79 Å². The molecule has 35 heavy (non-hydrogen) atoms. The van der Waals surface area contributed by atoms with Gasteiger partial charge in [0, 0.05) is 0 Å². The predicted octanol–water partition coefficient (Wildman–Crippen LogP) is 4.80. The van der Waals surface area contributed by atoms with E-state index in [0.717, 1.165) is 64.3 Å². The van der Waals surface area contributed by atoms with E-state index < -0.39 is 29.4 Å². The summed E-state index contributed by atoms with van der Waals surface area (Å²) in [6.45, 7) is 7.16. The van der Waals surface area contributed by atoms with Gasteiger partial charge in [0.25, 0.3) is 0 Å². The van der Waals surface area contributed by atoms with Crippen LogP contribution < -0.4 is 11.5 Å². The molecule has 1 atom stereocenters. The standard InChI is InChI=1S/C27H52N2O6/c1-4-7-20-33-24(30)23(18-16-14-12-10-11-13-15-17-19-28)27(29,25(31)34-21-8-5-2)26(32)35-22-9-6-3/h23H,4-22,28-29H2,1-3H3. The predicted molar refractivity (Wildman–Crippen MR) is 139 cm³/mol. The Morgan fingerprint density at radius 1 is 0.629 bits per heavy atom. The Balaban J connectivity index is 5.37. The molecule has 0 aliphatic heterocycles. The summed E-state index contributed by atoms with van der Waals surface area (Å²) in [5, 5.41) is 0. The first-order valence-corrected chi connectivity index (χ1v) is 13.9. The van der Waals surface area contributed by atoms with Crippen molar-refractivity contribution in [2.24, 2.45) is 17.4 Å². The lowest BCUT2D eigenvalue weighted by molar-refractivity contribution is -0.175. The Morgan fingerprint density at radius 2 is 1.03 bits per heavy atom. The molecule has 0 aromatic heterocycles. The van der Waals surface area contributed by atoms with Crippen molar-refractivity contribution in [3.63, 3.8) is 0 Å². The van der Waals surface area contributed by atoms with E-state index in [2.05, 4.69) is 0 Å². The molecule has 8 heteroatoms. The van der Waals surface area contributed by atoms with Crippen molar-refractivity contribution in [3.05, 3.63) is 0 Å². The zero-order chi connectivity index (χ0) is 26.4. The number of esters is 3. The van der Waals surface area contributed by atoms with Crippen molar-refractivity contribution in [2.45, 2.75) is 123 Å². The largest absolute Gasteiger partial charge is 0.465 e. The van der Waals surface area contributed by atoms with Gasteiger partial charge in [-0.2, -0.15) is 0 Å². The number of hydrogen-bond acceptors (Lipinski definition) is 8. The average Bonchev–Trinajstić information content (AvgIpc) is 2.85. The third-order valence-electron chi connectivity index (χ3n) is 6.16. The molecule has 0 rings (SSSR count). The van der Waals surface area contributed by atoms with E-state index >= 15 is 0 Å². The second kappa shape index (κ2) is 21.6. The van der Waals surface area contributed by atoms with Gasteiger partial charge >= 0.3 is 17.9 Å². The number of carbonyl (C=O) groups excluding carboxylic acids is 3. The van der Waals surface area contributed by atoms with Crippen LogP contribution in [-0.2, 0) is 28.6 Å². The van der Waals surface area contributed by atoms with Gasteiger partial charge in [-0.05, 0) is 38.6 Å². The molecule has 0 spiro atoms. The highest BCUT2D eigenvalue weighted by atomic mass is 16.6. The van der Waals surface area contributed by atoms with Crippen LogP contribution >= 0.6 is 0 Å². The third-order valence-corrected chi connectivity index (χ3v) is 6.16. The minimum atomic E-state index is -2.22. The van der Waals surface area contributed by atoms with Crippen molar-refractivity contribution >= 4 is 17.9 Å². The first kappa shape index (κ1) is 33.3. The zero-order valence-electron chi connectivity index (χ0n) is 22.6. The lowest BCUT2D eigenvalue weighted by atomic mass is 9.80. The average molecular weight is 501 g/mol. The topological polar surface area (TPSA) is 131 Å². The van der Waals surface area contributed by atoms with Gasteiger partial charge in [-0.1, -0.05) is 85.0 Å². The lowest BCUT2D eigenvalue weighted by Gasteiger charge is -2.32. The minimum Gasteiger partial charge on any atom is -0.465 e. The van der Waals surface area contributed by atoms with Gasteiger partial charge in [0.05, 0.1) is 25.7 Å². The zero-order valence-corrected chi connectivity index (χ0v) is 22.6. The summed E-state index contributed by atoms with van der Waals surface area (Å²) in [4.78, 5) is 39.2. The number of nitrogens with two attached hydrogens (primary N) is 2. The molecule has 0 radical (unpaired) electrons. The van der Waals surface area contributed by atoms with Crippen molar-refractivity contribution in [1.29, 1.82) is 0 Å². The van der Waals surface area contributed by atoms with Crippen LogP contribution in [0.15, 0.2) is 0 Å². The van der Waals surface area contributed by atoms with Crippen molar-refractivity contribution in [1.82, 2.24) is 0 Å². The van der Waals surface area contributed by atoms with E-state index in [1.807, 2.05) is 20.8 Å². The van der Waals surface area contributed by atoms with E-state index in [1.165, 1.54) is 6.42 Å². The van der Waals surface area contributed by atoms with Crippen LogP contribution in [-0.4, -0.2) is 49.8 Å². The highest BCUT2D eigenvalue weighted by Gasteiger charge is 2.55. The fourth-order valence-corrected chi connectivity index (χ4v) is 3.73. The number of unbranched alkanes of at least 4 members (excludes halogenated alkanes) is 10. The normalized spacial score (nSPS) is 12.3. The van der Waals surface area contributed by atoms with E-state index in [9.17, 15) is 14.4 Å². The van der Waals surface area contributed by atoms with Gasteiger partial charge in [0.1, 0.15) is 0 Å². The number of carbonyl (C=O) groups is 3. The van der Waals surface area contributed by atoms with Gasteiger partial charge in [0.2, 0.25) is 5.54 Å². The van der Waals surface area contributed by atoms with Crippen LogP contribution in [0.5, 0.6) is 0 Å². The molecule has 4 N–H and O–H groups in total. The fraction of sp³-hybridized carbons (Fsp3) is 0.889. The number of hydrogen-bond donors (Lipinski definition) is 2. The molecule has 0 heterocycles. The molecule has 0 saturated carbocycles. The van der Waals surface area contributed by atoms with Crippen LogP contribution in [0.2, 0.25) is 0 Å². The Morgan fingerprint density at radius 3 is 1.46 bits per heavy atom. The minimum absolute atomic E-state index is 0.137. The Kier molecular flexibility index (Phi) is 20.6. The van der Waals surface area contributed by atoms with Crippen molar-refractivity contribution < 1.29 is 28.6 Å². The second-order valence-corrected chi connectivity index (χ2v) is 9.33. The van der Waals surface area contributed by atoms with E-state index in [-0.39, 0.29) is 26.2 Å². The Labute approximate surface area is 213 Å². The van der Waals surface area contributed by atoms with Gasteiger partial charge in [-0.25, -0.2) is 9.59 Å². The molecule has 1 unspecified atom stereocenters. The molecule has 0 bridgehead atoms. The highest BCUT2D eigenvalue weighted by Crippen LogP contribution is 2.27. The quantitative estimate of drug-likeness (QED) is 0.0885. The monoisotopic (exact) mass is 500 g/mol. The Bertz CT molecular complexity index is 548. The molecule has 0 amide bonds. The lowest BCUT2D eigenvalue weighted by Crippen LogP contribution is -2.64. The molecule has 0 aromatic carbocycles. The van der Waals surface area contributed by atoms with Gasteiger partial charge in [-0.15, -0.1) is 0 Å². The maximum Gasteiger partial charge on any atom is 0.338 e. The van der Waals surface area contributed by atoms with E-state index in [0.29, 0.717) is 25.7 Å². The molecule has 0 saturated heterocycles.